The molecule has 188 valence electrons. The van der Waals surface area contributed by atoms with Crippen LogP contribution < -0.4 is 11.1 Å². The van der Waals surface area contributed by atoms with E-state index in [0.29, 0.717) is 18.0 Å². The van der Waals surface area contributed by atoms with Gasteiger partial charge in [-0.05, 0) is 59.6 Å². The molecule has 0 heterocycles. The standard InChI is InChI=1S/C31H36N2O3/c32-29(31(35)36)20-22-12-14-27(15-13-22)30(34)33-21-28(25-10-4-1-2-5-11-25)26-18-16-24(17-19-26)23-8-6-3-7-9-23/h3,6-9,12-19,25,28-29H,1-2,4-5,10-11,20-21,32H2,(H,33,34)(H,35,36)/t28-,29+/m1/s1. The van der Waals surface area contributed by atoms with Gasteiger partial charge in [0.15, 0.2) is 0 Å². The summed E-state index contributed by atoms with van der Waals surface area (Å²) in [5, 5.41) is 12.2. The van der Waals surface area contributed by atoms with Gasteiger partial charge in [-0.15, -0.1) is 0 Å². The van der Waals surface area contributed by atoms with Gasteiger partial charge in [0.25, 0.3) is 5.91 Å². The molecule has 0 aromatic heterocycles. The van der Waals surface area contributed by atoms with E-state index in [1.165, 1.54) is 55.2 Å². The van der Waals surface area contributed by atoms with Crippen LogP contribution in [0.5, 0.6) is 0 Å². The van der Waals surface area contributed by atoms with Crippen molar-refractivity contribution in [2.24, 2.45) is 11.7 Å². The maximum atomic E-state index is 13.0. The van der Waals surface area contributed by atoms with Crippen molar-refractivity contribution >= 4 is 11.9 Å². The summed E-state index contributed by atoms with van der Waals surface area (Å²) in [6, 6.07) is 25.3. The molecule has 5 heteroatoms. The summed E-state index contributed by atoms with van der Waals surface area (Å²) < 4.78 is 0. The van der Waals surface area contributed by atoms with Crippen LogP contribution in [0.25, 0.3) is 11.1 Å². The smallest absolute Gasteiger partial charge is 0.320 e. The average molecular weight is 485 g/mol. The zero-order valence-electron chi connectivity index (χ0n) is 20.7. The van der Waals surface area contributed by atoms with Crippen LogP contribution >= 0.6 is 0 Å². The van der Waals surface area contributed by atoms with Gasteiger partial charge in [0.05, 0.1) is 0 Å². The van der Waals surface area contributed by atoms with E-state index in [0.717, 1.165) is 5.56 Å². The molecule has 0 saturated heterocycles. The molecule has 0 unspecified atom stereocenters. The first-order valence-corrected chi connectivity index (χ1v) is 13.0. The van der Waals surface area contributed by atoms with Gasteiger partial charge in [-0.3, -0.25) is 9.59 Å². The van der Waals surface area contributed by atoms with Gasteiger partial charge in [-0.2, -0.15) is 0 Å². The molecular weight excluding hydrogens is 448 g/mol. The Balaban J connectivity index is 1.46. The van der Waals surface area contributed by atoms with Crippen molar-refractivity contribution in [2.45, 2.75) is 56.9 Å². The number of benzene rings is 3. The van der Waals surface area contributed by atoms with Crippen molar-refractivity contribution in [3.05, 3.63) is 95.6 Å². The van der Waals surface area contributed by atoms with E-state index in [4.69, 9.17) is 10.8 Å². The molecule has 0 bridgehead atoms. The third kappa shape index (κ3) is 6.82. The minimum absolute atomic E-state index is 0.108. The van der Waals surface area contributed by atoms with E-state index in [-0.39, 0.29) is 18.2 Å². The minimum Gasteiger partial charge on any atom is -0.480 e. The molecule has 1 fully saturated rings. The van der Waals surface area contributed by atoms with E-state index in [1.807, 2.05) is 6.07 Å². The van der Waals surface area contributed by atoms with Crippen LogP contribution in [0.1, 0.15) is 65.9 Å². The first-order valence-electron chi connectivity index (χ1n) is 13.0. The fraction of sp³-hybridized carbons (Fsp3) is 0.355. The fourth-order valence-electron chi connectivity index (χ4n) is 5.26. The third-order valence-corrected chi connectivity index (χ3v) is 7.39. The number of aliphatic carboxylic acids is 1. The van der Waals surface area contributed by atoms with Gasteiger partial charge in [-0.25, -0.2) is 0 Å². The summed E-state index contributed by atoms with van der Waals surface area (Å²) in [5.41, 5.74) is 10.7. The molecule has 5 nitrogen and oxygen atoms in total. The maximum absolute atomic E-state index is 13.0. The van der Waals surface area contributed by atoms with Crippen molar-refractivity contribution in [1.29, 1.82) is 0 Å². The molecule has 4 rings (SSSR count). The highest BCUT2D eigenvalue weighted by Gasteiger charge is 2.25. The lowest BCUT2D eigenvalue weighted by molar-refractivity contribution is -0.138. The van der Waals surface area contributed by atoms with Crippen molar-refractivity contribution in [3.8, 4) is 11.1 Å². The van der Waals surface area contributed by atoms with Gasteiger partial charge >= 0.3 is 5.97 Å². The number of carbonyl (C=O) groups excluding carboxylic acids is 1. The van der Waals surface area contributed by atoms with E-state index < -0.39 is 12.0 Å². The molecule has 3 aromatic carbocycles. The molecule has 1 aliphatic rings. The maximum Gasteiger partial charge on any atom is 0.320 e. The zero-order chi connectivity index (χ0) is 25.3. The van der Waals surface area contributed by atoms with Crippen molar-refractivity contribution in [2.75, 3.05) is 6.54 Å². The van der Waals surface area contributed by atoms with E-state index in [1.54, 1.807) is 24.3 Å². The molecule has 2 atom stereocenters. The number of carboxylic acid groups (broad SMARTS) is 1. The van der Waals surface area contributed by atoms with Crippen LogP contribution in [0.2, 0.25) is 0 Å². The fourth-order valence-corrected chi connectivity index (χ4v) is 5.26. The van der Waals surface area contributed by atoms with Gasteiger partial charge in [-0.1, -0.05) is 92.4 Å². The Morgan fingerprint density at radius 1 is 0.833 bits per heavy atom. The lowest BCUT2D eigenvalue weighted by Crippen LogP contribution is -2.32. The van der Waals surface area contributed by atoms with Crippen LogP contribution in [0.4, 0.5) is 0 Å². The summed E-state index contributed by atoms with van der Waals surface area (Å²) in [6.45, 7) is 0.597. The highest BCUT2D eigenvalue weighted by molar-refractivity contribution is 5.94. The average Bonchev–Trinajstić information content (AvgIpc) is 3.19. The lowest BCUT2D eigenvalue weighted by Gasteiger charge is -2.27. The molecule has 3 aromatic rings. The Labute approximate surface area is 213 Å². The Hall–Kier alpha value is -3.44. The predicted octanol–water partition coefficient (Wildman–Crippen LogP) is 5.79. The van der Waals surface area contributed by atoms with Crippen LogP contribution in [-0.4, -0.2) is 29.6 Å². The number of hydrogen-bond donors (Lipinski definition) is 3. The van der Waals surface area contributed by atoms with Crippen LogP contribution in [-0.2, 0) is 11.2 Å². The Morgan fingerprint density at radius 2 is 1.44 bits per heavy atom. The number of amides is 1. The van der Waals surface area contributed by atoms with Crippen LogP contribution in [0.3, 0.4) is 0 Å². The molecule has 1 amide bonds. The summed E-state index contributed by atoms with van der Waals surface area (Å²) in [6.07, 6.45) is 7.70. The monoisotopic (exact) mass is 484 g/mol. The molecule has 1 saturated carbocycles. The van der Waals surface area contributed by atoms with Crippen LogP contribution in [0, 0.1) is 5.92 Å². The first-order chi connectivity index (χ1) is 17.5. The summed E-state index contributed by atoms with van der Waals surface area (Å²) in [4.78, 5) is 24.0. The highest BCUT2D eigenvalue weighted by atomic mass is 16.4. The minimum atomic E-state index is -1.03. The SMILES string of the molecule is N[C@@H](Cc1ccc(C(=O)NC[C@@H](c2ccc(-c3ccccc3)cc2)C2CCCCCC2)cc1)C(=O)O. The summed E-state index contributed by atoms with van der Waals surface area (Å²) in [5.74, 6) is -0.318. The molecule has 0 radical (unpaired) electrons. The number of rotatable bonds is 9. The zero-order valence-corrected chi connectivity index (χ0v) is 20.7. The molecular formula is C31H36N2O3. The molecule has 0 spiro atoms. The Bertz CT molecular complexity index is 1120. The van der Waals surface area contributed by atoms with Gasteiger partial charge in [0.2, 0.25) is 0 Å². The number of carboxylic acids is 1. The first kappa shape index (κ1) is 25.6. The number of carbonyl (C=O) groups is 2. The van der Waals surface area contributed by atoms with Crippen molar-refractivity contribution < 1.29 is 14.7 Å². The van der Waals surface area contributed by atoms with Crippen molar-refractivity contribution in [3.63, 3.8) is 0 Å². The summed E-state index contributed by atoms with van der Waals surface area (Å²) >= 11 is 0. The van der Waals surface area contributed by atoms with E-state index >= 15 is 0 Å². The summed E-state index contributed by atoms with van der Waals surface area (Å²) in [7, 11) is 0. The molecule has 36 heavy (non-hydrogen) atoms. The van der Waals surface area contributed by atoms with Crippen LogP contribution in [0.15, 0.2) is 78.9 Å². The third-order valence-electron chi connectivity index (χ3n) is 7.39. The Kier molecular flexibility index (Phi) is 8.90. The predicted molar refractivity (Wildman–Crippen MR) is 144 cm³/mol. The van der Waals surface area contributed by atoms with E-state index in [9.17, 15) is 9.59 Å². The molecule has 0 aliphatic heterocycles. The largest absolute Gasteiger partial charge is 0.480 e. The second kappa shape index (κ2) is 12.5. The molecule has 4 N–H and O–H groups in total. The molecule has 1 aliphatic carbocycles. The normalized spacial score (nSPS) is 16.0. The van der Waals surface area contributed by atoms with Gasteiger partial charge < -0.3 is 16.2 Å². The second-order valence-corrected chi connectivity index (χ2v) is 9.90. The van der Waals surface area contributed by atoms with Crippen molar-refractivity contribution in [1.82, 2.24) is 5.32 Å². The quantitative estimate of drug-likeness (QED) is 0.335. The second-order valence-electron chi connectivity index (χ2n) is 9.90. The highest BCUT2D eigenvalue weighted by Crippen LogP contribution is 2.35. The van der Waals surface area contributed by atoms with Gasteiger partial charge in [0, 0.05) is 18.0 Å². The number of nitrogens with two attached hydrogens (primary N) is 1. The Morgan fingerprint density at radius 3 is 2.06 bits per heavy atom. The lowest BCUT2D eigenvalue weighted by atomic mass is 9.81. The topological polar surface area (TPSA) is 92.4 Å². The number of nitrogens with one attached hydrogen (secondary N) is 1. The number of hydrogen-bond acceptors (Lipinski definition) is 3. The van der Waals surface area contributed by atoms with E-state index in [2.05, 4.69) is 53.8 Å². The van der Waals surface area contributed by atoms with Gasteiger partial charge in [0.1, 0.15) is 6.04 Å².